The van der Waals surface area contributed by atoms with E-state index in [4.69, 9.17) is 20.8 Å². The van der Waals surface area contributed by atoms with Crippen molar-refractivity contribution in [2.45, 2.75) is 10.5 Å². The molecule has 138 valence electrons. The SMILES string of the molecule is COc1ccc(S(=O)(=O)NC[C@@](O)(c2ccoc2)c2cccs2)cc1Cl. The van der Waals surface area contributed by atoms with Gasteiger partial charge in [0.25, 0.3) is 0 Å². The van der Waals surface area contributed by atoms with Gasteiger partial charge in [0, 0.05) is 17.0 Å². The number of hydrogen-bond donors (Lipinski definition) is 2. The monoisotopic (exact) mass is 413 g/mol. The summed E-state index contributed by atoms with van der Waals surface area (Å²) in [5.41, 5.74) is -1.10. The van der Waals surface area contributed by atoms with Gasteiger partial charge in [0.2, 0.25) is 10.0 Å². The van der Waals surface area contributed by atoms with Gasteiger partial charge in [-0.15, -0.1) is 11.3 Å². The molecule has 0 radical (unpaired) electrons. The van der Waals surface area contributed by atoms with Gasteiger partial charge in [-0.25, -0.2) is 13.1 Å². The van der Waals surface area contributed by atoms with Crippen LogP contribution in [0.25, 0.3) is 0 Å². The summed E-state index contributed by atoms with van der Waals surface area (Å²) in [6.07, 6.45) is 2.81. The zero-order chi connectivity index (χ0) is 18.8. The number of sulfonamides is 1. The molecule has 6 nitrogen and oxygen atoms in total. The van der Waals surface area contributed by atoms with Crippen LogP contribution in [-0.4, -0.2) is 27.2 Å². The number of rotatable bonds is 7. The maximum absolute atomic E-state index is 12.6. The van der Waals surface area contributed by atoms with Gasteiger partial charge in [-0.3, -0.25) is 0 Å². The molecule has 1 aromatic carbocycles. The molecule has 0 saturated heterocycles. The molecule has 3 rings (SSSR count). The van der Waals surface area contributed by atoms with Gasteiger partial charge in [-0.05, 0) is 35.7 Å². The van der Waals surface area contributed by atoms with Gasteiger partial charge in [0.05, 0.1) is 29.6 Å². The predicted molar refractivity (Wildman–Crippen MR) is 99.2 cm³/mol. The minimum Gasteiger partial charge on any atom is -0.495 e. The van der Waals surface area contributed by atoms with Gasteiger partial charge in [-0.1, -0.05) is 17.7 Å². The first-order valence-corrected chi connectivity index (χ1v) is 10.2. The van der Waals surface area contributed by atoms with Crippen molar-refractivity contribution in [2.75, 3.05) is 13.7 Å². The van der Waals surface area contributed by atoms with E-state index in [2.05, 4.69) is 4.72 Å². The summed E-state index contributed by atoms with van der Waals surface area (Å²) in [6.45, 7) is -0.265. The normalized spacial score (nSPS) is 14.1. The number of aliphatic hydroxyl groups is 1. The second-order valence-electron chi connectivity index (χ2n) is 5.47. The van der Waals surface area contributed by atoms with E-state index < -0.39 is 15.6 Å². The summed E-state index contributed by atoms with van der Waals surface area (Å²) in [7, 11) is -2.45. The van der Waals surface area contributed by atoms with Crippen molar-refractivity contribution in [3.63, 3.8) is 0 Å². The summed E-state index contributed by atoms with van der Waals surface area (Å²) in [4.78, 5) is 0.568. The average Bonchev–Trinajstić information content (AvgIpc) is 3.33. The number of benzene rings is 1. The first-order chi connectivity index (χ1) is 12.4. The third-order valence-corrected chi connectivity index (χ3v) is 6.59. The van der Waals surface area contributed by atoms with Crippen molar-refractivity contribution >= 4 is 33.0 Å². The lowest BCUT2D eigenvalue weighted by Gasteiger charge is -2.26. The summed E-state index contributed by atoms with van der Waals surface area (Å²) in [6, 6.07) is 9.26. The van der Waals surface area contributed by atoms with E-state index >= 15 is 0 Å². The van der Waals surface area contributed by atoms with E-state index in [-0.39, 0.29) is 16.5 Å². The van der Waals surface area contributed by atoms with Crippen LogP contribution in [0.1, 0.15) is 10.4 Å². The van der Waals surface area contributed by atoms with E-state index in [1.807, 2.05) is 0 Å². The van der Waals surface area contributed by atoms with Crippen molar-refractivity contribution in [2.24, 2.45) is 0 Å². The third-order valence-electron chi connectivity index (χ3n) is 3.88. The fourth-order valence-corrected chi connectivity index (χ4v) is 4.70. The summed E-state index contributed by atoms with van der Waals surface area (Å²) < 4.78 is 37.8. The van der Waals surface area contributed by atoms with Crippen LogP contribution >= 0.6 is 22.9 Å². The highest BCUT2D eigenvalue weighted by Gasteiger charge is 2.35. The molecule has 0 spiro atoms. The number of furan rings is 1. The minimum atomic E-state index is -3.90. The number of methoxy groups -OCH3 is 1. The second kappa shape index (κ2) is 7.42. The van der Waals surface area contributed by atoms with Crippen LogP contribution in [0, 0.1) is 0 Å². The maximum atomic E-state index is 12.6. The second-order valence-corrected chi connectivity index (χ2v) is 8.59. The Morgan fingerprint density at radius 3 is 2.73 bits per heavy atom. The molecule has 1 atom stereocenters. The van der Waals surface area contributed by atoms with Gasteiger partial charge in [0.1, 0.15) is 11.4 Å². The molecule has 2 N–H and O–H groups in total. The molecule has 0 aliphatic heterocycles. The van der Waals surface area contributed by atoms with Crippen LogP contribution in [0.3, 0.4) is 0 Å². The van der Waals surface area contributed by atoms with E-state index in [9.17, 15) is 13.5 Å². The van der Waals surface area contributed by atoms with E-state index in [1.165, 1.54) is 49.2 Å². The molecular weight excluding hydrogens is 398 g/mol. The molecule has 0 bridgehead atoms. The van der Waals surface area contributed by atoms with Gasteiger partial charge >= 0.3 is 0 Å². The third kappa shape index (κ3) is 3.65. The fraction of sp³-hybridized carbons (Fsp3) is 0.176. The molecule has 9 heteroatoms. The lowest BCUT2D eigenvalue weighted by Crippen LogP contribution is -2.40. The Balaban J connectivity index is 1.88. The van der Waals surface area contributed by atoms with Crippen molar-refractivity contribution in [1.29, 1.82) is 0 Å². The molecule has 2 heterocycles. The number of halogens is 1. The van der Waals surface area contributed by atoms with Crippen LogP contribution in [-0.2, 0) is 15.6 Å². The van der Waals surface area contributed by atoms with E-state index in [0.29, 0.717) is 16.2 Å². The van der Waals surface area contributed by atoms with Crippen molar-refractivity contribution < 1.29 is 22.7 Å². The topological polar surface area (TPSA) is 88.8 Å². The Morgan fingerprint density at radius 2 is 2.15 bits per heavy atom. The maximum Gasteiger partial charge on any atom is 0.240 e. The minimum absolute atomic E-state index is 0.0241. The van der Waals surface area contributed by atoms with Crippen LogP contribution in [0.5, 0.6) is 5.75 Å². The molecule has 2 aromatic heterocycles. The largest absolute Gasteiger partial charge is 0.495 e. The highest BCUT2D eigenvalue weighted by atomic mass is 35.5. The standard InChI is InChI=1S/C17H16ClNO5S2/c1-23-15-5-4-13(9-14(15)18)26(21,22)19-11-17(20,12-6-7-24-10-12)16-3-2-8-25-16/h2-10,19-20H,11H2,1H3/t17-/m1/s1. The van der Waals surface area contributed by atoms with Crippen LogP contribution in [0.15, 0.2) is 63.6 Å². The van der Waals surface area contributed by atoms with Crippen molar-refractivity contribution in [3.8, 4) is 5.75 Å². The van der Waals surface area contributed by atoms with Gasteiger partial charge in [0.15, 0.2) is 0 Å². The molecule has 0 amide bonds. The number of hydrogen-bond acceptors (Lipinski definition) is 6. The summed E-state index contributed by atoms with van der Waals surface area (Å²) >= 11 is 7.33. The Hall–Kier alpha value is -1.84. The van der Waals surface area contributed by atoms with E-state index in [1.54, 1.807) is 23.6 Å². The van der Waals surface area contributed by atoms with Crippen molar-refractivity contribution in [1.82, 2.24) is 4.72 Å². The molecule has 3 aromatic rings. The van der Waals surface area contributed by atoms with E-state index in [0.717, 1.165) is 0 Å². The molecule has 26 heavy (non-hydrogen) atoms. The summed E-state index contributed by atoms with van der Waals surface area (Å²) in [5, 5.41) is 13.1. The summed E-state index contributed by atoms with van der Waals surface area (Å²) in [5.74, 6) is 0.374. The molecule has 0 unspecified atom stereocenters. The lowest BCUT2D eigenvalue weighted by molar-refractivity contribution is 0.0892. The Morgan fingerprint density at radius 1 is 1.35 bits per heavy atom. The highest BCUT2D eigenvalue weighted by molar-refractivity contribution is 7.89. The number of nitrogens with one attached hydrogen (secondary N) is 1. The molecule has 0 saturated carbocycles. The molecular formula is C17H16ClNO5S2. The van der Waals surface area contributed by atoms with Crippen LogP contribution < -0.4 is 9.46 Å². The zero-order valence-corrected chi connectivity index (χ0v) is 16.1. The lowest BCUT2D eigenvalue weighted by atomic mass is 9.95. The Bertz CT molecular complexity index is 935. The Kier molecular flexibility index (Phi) is 5.40. The molecule has 0 aliphatic rings. The number of thiophene rings is 1. The van der Waals surface area contributed by atoms with Gasteiger partial charge in [-0.2, -0.15) is 0 Å². The predicted octanol–water partition coefficient (Wildman–Crippen LogP) is 3.22. The Labute approximate surface area is 160 Å². The van der Waals surface area contributed by atoms with Crippen LogP contribution in [0.4, 0.5) is 0 Å². The van der Waals surface area contributed by atoms with Crippen LogP contribution in [0.2, 0.25) is 5.02 Å². The quantitative estimate of drug-likeness (QED) is 0.620. The first kappa shape index (κ1) is 18.9. The fourth-order valence-electron chi connectivity index (χ4n) is 2.44. The highest BCUT2D eigenvalue weighted by Crippen LogP contribution is 2.33. The molecule has 0 aliphatic carbocycles. The smallest absolute Gasteiger partial charge is 0.240 e. The average molecular weight is 414 g/mol. The first-order valence-electron chi connectivity index (χ1n) is 7.49. The molecule has 0 fully saturated rings. The van der Waals surface area contributed by atoms with Gasteiger partial charge < -0.3 is 14.3 Å². The zero-order valence-electron chi connectivity index (χ0n) is 13.7. The number of ether oxygens (including phenoxy) is 1. The van der Waals surface area contributed by atoms with Crippen molar-refractivity contribution in [3.05, 3.63) is 69.8 Å².